The van der Waals surface area contributed by atoms with Gasteiger partial charge in [-0.2, -0.15) is 8.42 Å². The zero-order chi connectivity index (χ0) is 23.3. The number of ether oxygens (including phenoxy) is 1. The normalized spacial score (nSPS) is 12.3. The van der Waals surface area contributed by atoms with E-state index in [-0.39, 0.29) is 12.8 Å². The van der Waals surface area contributed by atoms with Crippen molar-refractivity contribution in [1.29, 1.82) is 0 Å². The Hall–Kier alpha value is -3.18. The molecule has 0 saturated carbocycles. The van der Waals surface area contributed by atoms with Crippen LogP contribution in [0.2, 0.25) is 0 Å². The number of nitrogens with one attached hydrogen (secondary N) is 2. The minimum absolute atomic E-state index is 0.196. The molecule has 16 heteroatoms. The Morgan fingerprint density at radius 2 is 1.30 bits per heavy atom. The molecule has 0 aliphatic rings. The van der Waals surface area contributed by atoms with Gasteiger partial charge in [-0.15, -0.1) is 0 Å². The summed E-state index contributed by atoms with van der Waals surface area (Å²) in [5, 5.41) is 7.42. The number of hydrogen-bond acceptors (Lipinski definition) is 10. The number of aromatic nitrogens is 4. The zero-order valence-electron chi connectivity index (χ0n) is 15.6. The molecule has 0 aliphatic heterocycles. The van der Waals surface area contributed by atoms with Gasteiger partial charge >= 0.3 is 22.3 Å². The van der Waals surface area contributed by atoms with Gasteiger partial charge in [-0.1, -0.05) is 0 Å². The molecule has 2 atom stereocenters. The predicted molar refractivity (Wildman–Crippen MR) is 99.1 cm³/mol. The number of carbonyl (C=O) groups is 3. The number of H-pyrrole nitrogens is 2. The maximum atomic E-state index is 11.7. The smallest absolute Gasteiger partial charge is 0.394 e. The van der Waals surface area contributed by atoms with Gasteiger partial charge in [-0.3, -0.25) is 13.9 Å². The van der Waals surface area contributed by atoms with Crippen molar-refractivity contribution in [3.63, 3.8) is 0 Å². The second-order valence-electron chi connectivity index (χ2n) is 5.48. The fourth-order valence-corrected chi connectivity index (χ4v) is 1.68. The van der Waals surface area contributed by atoms with Crippen LogP contribution >= 0.6 is 0 Å². The number of carboxylic acid groups (broad SMARTS) is 1. The van der Waals surface area contributed by atoms with E-state index >= 15 is 0 Å². The number of rotatable bonds is 6. The first kappa shape index (κ1) is 26.8. The van der Waals surface area contributed by atoms with Crippen LogP contribution in [0.3, 0.4) is 0 Å². The van der Waals surface area contributed by atoms with Crippen LogP contribution in [0.1, 0.15) is 18.3 Å². The third-order valence-corrected chi connectivity index (χ3v) is 2.80. The summed E-state index contributed by atoms with van der Waals surface area (Å²) in [5.41, 5.74) is 12.7. The Morgan fingerprint density at radius 3 is 1.53 bits per heavy atom. The van der Waals surface area contributed by atoms with E-state index in [1.54, 1.807) is 12.4 Å². The summed E-state index contributed by atoms with van der Waals surface area (Å²) in [4.78, 5) is 45.6. The molecular formula is C14H22N6O9S. The van der Waals surface area contributed by atoms with E-state index in [0.29, 0.717) is 11.4 Å². The SMILES string of the molecule is CC(=O)O.N[C@@H](Cc1cnc[nH]1)C(=O)OC(=O)[C@@H](N)Cc1cnc[nH]1.O=S(=O)(O)O. The molecule has 0 amide bonds. The third kappa shape index (κ3) is 14.8. The summed E-state index contributed by atoms with van der Waals surface area (Å²) in [5.74, 6) is -2.48. The molecule has 2 aromatic rings. The van der Waals surface area contributed by atoms with Crippen molar-refractivity contribution in [1.82, 2.24) is 19.9 Å². The van der Waals surface area contributed by atoms with Gasteiger partial charge in [0.1, 0.15) is 12.1 Å². The molecule has 0 radical (unpaired) electrons. The fourth-order valence-electron chi connectivity index (χ4n) is 1.68. The number of aromatic amines is 2. The second-order valence-corrected chi connectivity index (χ2v) is 6.38. The van der Waals surface area contributed by atoms with E-state index in [0.717, 1.165) is 6.92 Å². The highest BCUT2D eigenvalue weighted by Crippen LogP contribution is 2.02. The molecule has 30 heavy (non-hydrogen) atoms. The average molecular weight is 450 g/mol. The standard InChI is InChI=1S/C12H16N6O3.C2H4O2.H2O4S/c13-9(1-7-3-15-5-17-7)11(19)21-12(20)10(14)2-8-4-16-6-18-8;1-2(3)4;1-5(2,3)4/h3-6,9-10H,1-2,13-14H2,(H,15,17)(H,16,18);1H3,(H,3,4);(H2,1,2,3,4)/t9-,10-;;/m0../s1. The Bertz CT molecular complexity index is 819. The van der Waals surface area contributed by atoms with E-state index in [1.165, 1.54) is 12.7 Å². The van der Waals surface area contributed by atoms with Crippen molar-refractivity contribution >= 4 is 28.3 Å². The van der Waals surface area contributed by atoms with Crippen LogP contribution in [0.5, 0.6) is 0 Å². The highest BCUT2D eigenvalue weighted by Gasteiger charge is 2.24. The van der Waals surface area contributed by atoms with E-state index in [9.17, 15) is 9.59 Å². The largest absolute Gasteiger partial charge is 0.481 e. The van der Waals surface area contributed by atoms with Crippen LogP contribution in [0, 0.1) is 0 Å². The molecule has 168 valence electrons. The number of nitrogens with zero attached hydrogens (tertiary/aromatic N) is 2. The van der Waals surface area contributed by atoms with Gasteiger partial charge in [-0.05, 0) is 0 Å². The van der Waals surface area contributed by atoms with Gasteiger partial charge in [-0.25, -0.2) is 19.6 Å². The highest BCUT2D eigenvalue weighted by molar-refractivity contribution is 7.79. The quantitative estimate of drug-likeness (QED) is 0.144. The maximum absolute atomic E-state index is 11.7. The van der Waals surface area contributed by atoms with Crippen molar-refractivity contribution in [3.8, 4) is 0 Å². The summed E-state index contributed by atoms with van der Waals surface area (Å²) in [6.45, 7) is 1.08. The van der Waals surface area contributed by atoms with Crippen LogP contribution in [0.4, 0.5) is 0 Å². The molecule has 0 aromatic carbocycles. The average Bonchev–Trinajstić information content (AvgIpc) is 3.26. The lowest BCUT2D eigenvalue weighted by Gasteiger charge is -2.12. The van der Waals surface area contributed by atoms with Gasteiger partial charge in [0.15, 0.2) is 0 Å². The molecule has 0 saturated heterocycles. The maximum Gasteiger partial charge on any atom is 0.394 e. The number of aliphatic carboxylic acids is 1. The van der Waals surface area contributed by atoms with Gasteiger partial charge in [0.05, 0.1) is 12.7 Å². The molecule has 0 aliphatic carbocycles. The molecule has 2 heterocycles. The molecule has 15 nitrogen and oxygen atoms in total. The van der Waals surface area contributed by atoms with Crippen LogP contribution in [0.15, 0.2) is 25.0 Å². The van der Waals surface area contributed by atoms with Gasteiger partial charge in [0, 0.05) is 43.5 Å². The van der Waals surface area contributed by atoms with E-state index in [2.05, 4.69) is 24.7 Å². The van der Waals surface area contributed by atoms with E-state index < -0.39 is 40.4 Å². The predicted octanol–water partition coefficient (Wildman–Crippen LogP) is -1.92. The first-order chi connectivity index (χ1) is 13.8. The molecule has 9 N–H and O–H groups in total. The molecular weight excluding hydrogens is 428 g/mol. The number of esters is 2. The second kappa shape index (κ2) is 13.1. The van der Waals surface area contributed by atoms with Crippen molar-refractivity contribution in [2.24, 2.45) is 11.5 Å². The van der Waals surface area contributed by atoms with Crippen molar-refractivity contribution in [3.05, 3.63) is 36.4 Å². The summed E-state index contributed by atoms with van der Waals surface area (Å²) in [6, 6.07) is -1.93. The molecule has 0 fully saturated rings. The van der Waals surface area contributed by atoms with Crippen molar-refractivity contribution in [2.45, 2.75) is 31.8 Å². The number of nitrogens with two attached hydrogens (primary N) is 2. The summed E-state index contributed by atoms with van der Waals surface area (Å²) < 4.78 is 36.3. The van der Waals surface area contributed by atoms with E-state index in [4.69, 9.17) is 38.9 Å². The lowest BCUT2D eigenvalue weighted by atomic mass is 10.1. The summed E-state index contributed by atoms with van der Waals surface area (Å²) in [6.07, 6.45) is 6.42. The summed E-state index contributed by atoms with van der Waals surface area (Å²) >= 11 is 0. The van der Waals surface area contributed by atoms with Gasteiger partial charge in [0.25, 0.3) is 5.97 Å². The molecule has 0 unspecified atom stereocenters. The van der Waals surface area contributed by atoms with Gasteiger partial charge in [0.2, 0.25) is 0 Å². The Balaban J connectivity index is 0.000000789. The fraction of sp³-hybridized carbons (Fsp3) is 0.357. The molecule has 2 aromatic heterocycles. The van der Waals surface area contributed by atoms with Crippen molar-refractivity contribution < 1.29 is 41.8 Å². The van der Waals surface area contributed by atoms with Crippen LogP contribution in [-0.4, -0.2) is 72.6 Å². The minimum atomic E-state index is -4.67. The zero-order valence-corrected chi connectivity index (χ0v) is 16.4. The number of hydrogen-bond donors (Lipinski definition) is 7. The number of carboxylic acids is 1. The first-order valence-electron chi connectivity index (χ1n) is 7.90. The van der Waals surface area contributed by atoms with Crippen LogP contribution in [0.25, 0.3) is 0 Å². The highest BCUT2D eigenvalue weighted by atomic mass is 32.3. The third-order valence-electron chi connectivity index (χ3n) is 2.80. The molecule has 0 bridgehead atoms. The lowest BCUT2D eigenvalue weighted by Crippen LogP contribution is -2.41. The summed E-state index contributed by atoms with van der Waals surface area (Å²) in [7, 11) is -4.67. The van der Waals surface area contributed by atoms with Gasteiger partial charge < -0.3 is 31.3 Å². The Morgan fingerprint density at radius 1 is 1.00 bits per heavy atom. The molecule has 0 spiro atoms. The number of carbonyl (C=O) groups excluding carboxylic acids is 2. The molecule has 2 rings (SSSR count). The Labute approximate surface area is 170 Å². The first-order valence-corrected chi connectivity index (χ1v) is 9.29. The minimum Gasteiger partial charge on any atom is -0.481 e. The van der Waals surface area contributed by atoms with Crippen molar-refractivity contribution in [2.75, 3.05) is 0 Å². The van der Waals surface area contributed by atoms with Crippen LogP contribution in [-0.2, 0) is 42.4 Å². The monoisotopic (exact) mass is 450 g/mol. The lowest BCUT2D eigenvalue weighted by molar-refractivity contribution is -0.161. The van der Waals surface area contributed by atoms with Crippen LogP contribution < -0.4 is 11.5 Å². The van der Waals surface area contributed by atoms with E-state index in [1.807, 2.05) is 0 Å². The topological polar surface area (TPSA) is 265 Å². The number of imidazole rings is 2. The Kier molecular flexibility index (Phi) is 11.7.